The minimum atomic E-state index is -3.54. The van der Waals surface area contributed by atoms with E-state index in [0.29, 0.717) is 17.2 Å². The van der Waals surface area contributed by atoms with Gasteiger partial charge >= 0.3 is 0 Å². The maximum Gasteiger partial charge on any atom is 0.240 e. The number of carbonyl (C=O) groups excluding carboxylic acids is 1. The highest BCUT2D eigenvalue weighted by Crippen LogP contribution is 2.29. The smallest absolute Gasteiger partial charge is 0.240 e. The Morgan fingerprint density at radius 1 is 1.50 bits per heavy atom. The molecule has 0 aromatic heterocycles. The Morgan fingerprint density at radius 2 is 2.22 bits per heavy atom. The monoisotopic (exact) mass is 289 g/mol. The minimum absolute atomic E-state index is 0.163. The second-order valence-electron chi connectivity index (χ2n) is 4.20. The number of nitrogens with one attached hydrogen (secondary N) is 1. The van der Waals surface area contributed by atoms with Crippen LogP contribution in [0.15, 0.2) is 18.2 Å². The van der Waals surface area contributed by atoms with Crippen molar-refractivity contribution in [3.63, 3.8) is 0 Å². The molecular formula is C11H12ClNO4S. The Hall–Kier alpha value is -1.27. The first-order valence-electron chi connectivity index (χ1n) is 5.28. The summed E-state index contributed by atoms with van der Waals surface area (Å²) in [6.07, 6.45) is 1.36. The summed E-state index contributed by atoms with van der Waals surface area (Å²) in [6, 6.07) is 5.16. The summed E-state index contributed by atoms with van der Waals surface area (Å²) >= 11 is 5.86. The van der Waals surface area contributed by atoms with Crippen LogP contribution in [0.25, 0.3) is 0 Å². The Morgan fingerprint density at radius 3 is 2.89 bits per heavy atom. The quantitative estimate of drug-likeness (QED) is 0.880. The van der Waals surface area contributed by atoms with Gasteiger partial charge in [0.1, 0.15) is 12.4 Å². The van der Waals surface area contributed by atoms with Crippen LogP contribution >= 0.6 is 11.6 Å². The number of carbonyl (C=O) groups is 1. The zero-order valence-corrected chi connectivity index (χ0v) is 11.2. The molecule has 18 heavy (non-hydrogen) atoms. The summed E-state index contributed by atoms with van der Waals surface area (Å²) in [4.78, 5) is 11.7. The van der Waals surface area contributed by atoms with Gasteiger partial charge in [-0.05, 0) is 30.2 Å². The van der Waals surface area contributed by atoms with Crippen LogP contribution in [-0.4, -0.2) is 27.2 Å². The number of benzene rings is 1. The maximum absolute atomic E-state index is 11.7. The lowest BCUT2D eigenvalue weighted by Crippen LogP contribution is -2.39. The van der Waals surface area contributed by atoms with Crippen molar-refractivity contribution in [1.29, 1.82) is 0 Å². The summed E-state index contributed by atoms with van der Waals surface area (Å²) in [5.74, 6) is -0.392. The maximum atomic E-state index is 11.7. The Kier molecular flexibility index (Phi) is 3.49. The summed E-state index contributed by atoms with van der Waals surface area (Å²) < 4.78 is 29.3. The molecular weight excluding hydrogens is 278 g/mol. The van der Waals surface area contributed by atoms with Crippen molar-refractivity contribution in [3.05, 3.63) is 28.8 Å². The molecule has 0 bridgehead atoms. The van der Waals surface area contributed by atoms with Crippen LogP contribution in [0.3, 0.4) is 0 Å². The molecule has 1 aromatic rings. The van der Waals surface area contributed by atoms with Gasteiger partial charge in [-0.1, -0.05) is 11.6 Å². The molecule has 1 aliphatic rings. The van der Waals surface area contributed by atoms with Crippen LogP contribution in [-0.2, 0) is 21.2 Å². The molecule has 1 heterocycles. The third-order valence-electron chi connectivity index (χ3n) is 2.59. The van der Waals surface area contributed by atoms with Crippen molar-refractivity contribution in [2.45, 2.75) is 6.42 Å². The van der Waals surface area contributed by atoms with Crippen molar-refractivity contribution in [2.75, 3.05) is 12.9 Å². The van der Waals surface area contributed by atoms with Gasteiger partial charge < -0.3 is 4.74 Å². The van der Waals surface area contributed by atoms with Crippen LogP contribution < -0.4 is 9.46 Å². The molecule has 98 valence electrons. The van der Waals surface area contributed by atoms with Gasteiger partial charge in [0.25, 0.3) is 0 Å². The largest absolute Gasteiger partial charge is 0.492 e. The molecule has 0 saturated heterocycles. The normalized spacial score (nSPS) is 18.7. The average molecular weight is 290 g/mol. The first kappa shape index (κ1) is 13.2. The molecule has 2 rings (SSSR count). The lowest BCUT2D eigenvalue weighted by Gasteiger charge is -2.24. The number of hydrogen-bond acceptors (Lipinski definition) is 4. The number of amides is 1. The SMILES string of the molecule is CS(=O)(=O)NC(=O)[C@H]1COc2ccc(Cl)cc2C1. The lowest BCUT2D eigenvalue weighted by atomic mass is 9.96. The van der Waals surface area contributed by atoms with Gasteiger partial charge in [-0.3, -0.25) is 9.52 Å². The number of halogens is 1. The molecule has 5 nitrogen and oxygen atoms in total. The molecule has 0 fully saturated rings. The average Bonchev–Trinajstić information content (AvgIpc) is 2.25. The molecule has 1 aliphatic heterocycles. The van der Waals surface area contributed by atoms with Crippen LogP contribution in [0.4, 0.5) is 0 Å². The van der Waals surface area contributed by atoms with Crippen molar-refractivity contribution in [3.8, 4) is 5.75 Å². The number of fused-ring (bicyclic) bond motifs is 1. The van der Waals surface area contributed by atoms with Crippen molar-refractivity contribution >= 4 is 27.5 Å². The van der Waals surface area contributed by atoms with Crippen molar-refractivity contribution in [1.82, 2.24) is 4.72 Å². The summed E-state index contributed by atoms with van der Waals surface area (Å²) in [5, 5.41) is 0.557. The van der Waals surface area contributed by atoms with E-state index >= 15 is 0 Å². The summed E-state index contributed by atoms with van der Waals surface area (Å²) in [7, 11) is -3.54. The first-order chi connectivity index (χ1) is 8.35. The fourth-order valence-corrected chi connectivity index (χ4v) is 2.52. The molecule has 7 heteroatoms. The van der Waals surface area contributed by atoms with Gasteiger partial charge in [-0.25, -0.2) is 8.42 Å². The van der Waals surface area contributed by atoms with E-state index in [0.717, 1.165) is 11.8 Å². The number of hydrogen-bond donors (Lipinski definition) is 1. The van der Waals surface area contributed by atoms with E-state index in [1.165, 1.54) is 0 Å². The van der Waals surface area contributed by atoms with E-state index in [9.17, 15) is 13.2 Å². The van der Waals surface area contributed by atoms with Crippen LogP contribution in [0, 0.1) is 5.92 Å². The molecule has 1 amide bonds. The molecule has 0 aliphatic carbocycles. The van der Waals surface area contributed by atoms with E-state index in [4.69, 9.17) is 16.3 Å². The van der Waals surface area contributed by atoms with Gasteiger partial charge in [0.15, 0.2) is 0 Å². The van der Waals surface area contributed by atoms with Crippen LogP contribution in [0.2, 0.25) is 5.02 Å². The van der Waals surface area contributed by atoms with Gasteiger partial charge in [-0.15, -0.1) is 0 Å². The second-order valence-corrected chi connectivity index (χ2v) is 6.39. The highest BCUT2D eigenvalue weighted by atomic mass is 35.5. The minimum Gasteiger partial charge on any atom is -0.492 e. The molecule has 1 N–H and O–H groups in total. The van der Waals surface area contributed by atoms with Crippen LogP contribution in [0.1, 0.15) is 5.56 Å². The van der Waals surface area contributed by atoms with Crippen molar-refractivity contribution in [2.24, 2.45) is 5.92 Å². The van der Waals surface area contributed by atoms with E-state index < -0.39 is 21.8 Å². The number of sulfonamides is 1. The molecule has 1 aromatic carbocycles. The molecule has 1 atom stereocenters. The van der Waals surface area contributed by atoms with Crippen LogP contribution in [0.5, 0.6) is 5.75 Å². The van der Waals surface area contributed by atoms with E-state index in [1.54, 1.807) is 18.2 Å². The van der Waals surface area contributed by atoms with Gasteiger partial charge in [0.05, 0.1) is 12.2 Å². The Balaban J connectivity index is 2.14. The van der Waals surface area contributed by atoms with E-state index in [-0.39, 0.29) is 6.61 Å². The topological polar surface area (TPSA) is 72.5 Å². The number of rotatable bonds is 2. The standard InChI is InChI=1S/C11H12ClNO4S/c1-18(15,16)13-11(14)8-4-7-5-9(12)2-3-10(7)17-6-8/h2-3,5,8H,4,6H2,1H3,(H,13,14)/t8-/m1/s1. The molecule has 0 saturated carbocycles. The fraction of sp³-hybridized carbons (Fsp3) is 0.364. The zero-order chi connectivity index (χ0) is 13.3. The third-order valence-corrected chi connectivity index (χ3v) is 3.39. The molecule has 0 radical (unpaired) electrons. The molecule has 0 unspecified atom stereocenters. The predicted molar refractivity (Wildman–Crippen MR) is 67.1 cm³/mol. The highest BCUT2D eigenvalue weighted by Gasteiger charge is 2.27. The van der Waals surface area contributed by atoms with E-state index in [2.05, 4.69) is 0 Å². The Bertz CT molecular complexity index is 585. The number of ether oxygens (including phenoxy) is 1. The zero-order valence-electron chi connectivity index (χ0n) is 9.64. The van der Waals surface area contributed by atoms with E-state index in [1.807, 2.05) is 4.72 Å². The molecule has 0 spiro atoms. The highest BCUT2D eigenvalue weighted by molar-refractivity contribution is 7.89. The van der Waals surface area contributed by atoms with Gasteiger partial charge in [-0.2, -0.15) is 0 Å². The lowest BCUT2D eigenvalue weighted by molar-refractivity contribution is -0.124. The van der Waals surface area contributed by atoms with Gasteiger partial charge in [0.2, 0.25) is 15.9 Å². The predicted octanol–water partition coefficient (Wildman–Crippen LogP) is 0.967. The van der Waals surface area contributed by atoms with Crippen molar-refractivity contribution < 1.29 is 17.9 Å². The Labute approximate surface area is 110 Å². The van der Waals surface area contributed by atoms with Gasteiger partial charge in [0, 0.05) is 5.02 Å². The second kappa shape index (κ2) is 4.78. The first-order valence-corrected chi connectivity index (χ1v) is 7.55. The summed E-state index contributed by atoms with van der Waals surface area (Å²) in [6.45, 7) is 0.163. The fourth-order valence-electron chi connectivity index (χ4n) is 1.80. The third kappa shape index (κ3) is 3.14. The summed E-state index contributed by atoms with van der Waals surface area (Å²) in [5.41, 5.74) is 0.808.